The Morgan fingerprint density at radius 1 is 1.07 bits per heavy atom. The molecule has 1 amide bonds. The number of carbonyl (C=O) groups excluding carboxylic acids is 1. The van der Waals surface area contributed by atoms with Gasteiger partial charge in [0.1, 0.15) is 0 Å². The number of aromatic amines is 1. The van der Waals surface area contributed by atoms with Crippen molar-refractivity contribution in [1.82, 2.24) is 10.3 Å². The maximum Gasteiger partial charge on any atom is 0.251 e. The second-order valence-corrected chi connectivity index (χ2v) is 7.22. The van der Waals surface area contributed by atoms with E-state index in [1.165, 1.54) is 5.57 Å². The number of carbonyl (C=O) groups is 1. The molecule has 0 aromatic carbocycles. The van der Waals surface area contributed by atoms with Crippen molar-refractivity contribution in [3.63, 3.8) is 0 Å². The van der Waals surface area contributed by atoms with Gasteiger partial charge in [-0.25, -0.2) is 0 Å². The number of aromatic hydroxyl groups is 1. The molecule has 1 aromatic heterocycles. The summed E-state index contributed by atoms with van der Waals surface area (Å²) in [4.78, 5) is 20.1. The molecule has 0 radical (unpaired) electrons. The highest BCUT2D eigenvalue weighted by Gasteiger charge is 2.29. The van der Waals surface area contributed by atoms with Gasteiger partial charge >= 0.3 is 0 Å². The third kappa shape index (κ3) is 3.05. The number of aliphatic imine (C=N–C) groups is 1. The molecule has 27 heavy (non-hydrogen) atoms. The lowest BCUT2D eigenvalue weighted by Gasteiger charge is -2.10. The predicted molar refractivity (Wildman–Crippen MR) is 109 cm³/mol. The fourth-order valence-electron chi connectivity index (χ4n) is 4.22. The molecule has 2 aliphatic heterocycles. The summed E-state index contributed by atoms with van der Waals surface area (Å²) in [7, 11) is 0. The van der Waals surface area contributed by atoms with E-state index >= 15 is 0 Å². The number of nitrogens with zero attached hydrogens (tertiary/aromatic N) is 1. The maximum atomic E-state index is 12.1. The predicted octanol–water partition coefficient (Wildman–Crippen LogP) is 4.23. The number of aromatic nitrogens is 1. The lowest BCUT2D eigenvalue weighted by Crippen LogP contribution is -2.17. The van der Waals surface area contributed by atoms with Crippen molar-refractivity contribution in [1.29, 1.82) is 0 Å². The number of hydrogen-bond acceptors (Lipinski definition) is 3. The van der Waals surface area contributed by atoms with Crippen LogP contribution < -0.4 is 5.32 Å². The molecule has 0 spiro atoms. The van der Waals surface area contributed by atoms with Crippen LogP contribution in [0.25, 0.3) is 0 Å². The van der Waals surface area contributed by atoms with Crippen LogP contribution in [0.1, 0.15) is 64.3 Å². The van der Waals surface area contributed by atoms with Gasteiger partial charge in [0.05, 0.1) is 17.4 Å². The molecule has 1 unspecified atom stereocenters. The largest absolute Gasteiger partial charge is 0.494 e. The molecule has 1 aromatic rings. The van der Waals surface area contributed by atoms with Crippen molar-refractivity contribution in [2.24, 2.45) is 4.99 Å². The van der Waals surface area contributed by atoms with E-state index in [-0.39, 0.29) is 17.8 Å². The number of hydrogen-bond donors (Lipinski definition) is 3. The van der Waals surface area contributed by atoms with E-state index in [4.69, 9.17) is 4.99 Å². The fourth-order valence-corrected chi connectivity index (χ4v) is 4.22. The van der Waals surface area contributed by atoms with Crippen LogP contribution in [0.15, 0.2) is 39.1 Å². The average molecular weight is 367 g/mol. The van der Waals surface area contributed by atoms with E-state index in [0.717, 1.165) is 64.2 Å². The van der Waals surface area contributed by atoms with Gasteiger partial charge in [-0.2, -0.15) is 0 Å². The summed E-state index contributed by atoms with van der Waals surface area (Å²) < 4.78 is 0. The minimum Gasteiger partial charge on any atom is -0.494 e. The summed E-state index contributed by atoms with van der Waals surface area (Å²) >= 11 is 0. The van der Waals surface area contributed by atoms with E-state index in [1.54, 1.807) is 0 Å². The lowest BCUT2D eigenvalue weighted by molar-refractivity contribution is -0.116. The van der Waals surface area contributed by atoms with Gasteiger partial charge < -0.3 is 15.4 Å². The number of H-pyrrole nitrogens is 1. The highest BCUT2D eigenvalue weighted by Crippen LogP contribution is 2.34. The highest BCUT2D eigenvalue weighted by molar-refractivity contribution is 6.14. The van der Waals surface area contributed by atoms with Gasteiger partial charge in [0.15, 0.2) is 5.88 Å². The van der Waals surface area contributed by atoms with E-state index < -0.39 is 0 Å². The zero-order valence-corrected chi connectivity index (χ0v) is 17.1. The zero-order chi connectivity index (χ0) is 19.9. The molecule has 0 bridgehead atoms. The van der Waals surface area contributed by atoms with Crippen LogP contribution >= 0.6 is 0 Å². The van der Waals surface area contributed by atoms with Crippen molar-refractivity contribution >= 4 is 11.6 Å². The standard InChI is InChI=1S/C22H29N3O2/c1-7-14-11(4)19(20-12(5)16(9-3)22(27)25-20)23-17(14)10-18-15(8-2)13(6)21(26)24-18/h10,17,25,27H,7-9H2,1-6H3,(H,24,26)/b18-10-. The van der Waals surface area contributed by atoms with Gasteiger partial charge in [0.2, 0.25) is 0 Å². The van der Waals surface area contributed by atoms with Gasteiger partial charge in [0.25, 0.3) is 5.91 Å². The Kier molecular flexibility index (Phi) is 5.13. The second-order valence-electron chi connectivity index (χ2n) is 7.22. The number of amides is 1. The molecule has 3 heterocycles. The molecule has 5 nitrogen and oxygen atoms in total. The van der Waals surface area contributed by atoms with Crippen molar-refractivity contribution < 1.29 is 9.90 Å². The third-order valence-corrected chi connectivity index (χ3v) is 5.83. The lowest BCUT2D eigenvalue weighted by atomic mass is 9.96. The highest BCUT2D eigenvalue weighted by atomic mass is 16.3. The Hall–Kier alpha value is -2.56. The van der Waals surface area contributed by atoms with Gasteiger partial charge in [-0.3, -0.25) is 9.79 Å². The molecule has 0 saturated carbocycles. The molecular formula is C22H29N3O2. The summed E-state index contributed by atoms with van der Waals surface area (Å²) in [6.45, 7) is 12.2. The number of rotatable bonds is 5. The Bertz CT molecular complexity index is 926. The third-order valence-electron chi connectivity index (χ3n) is 5.83. The van der Waals surface area contributed by atoms with Gasteiger partial charge in [0, 0.05) is 16.8 Å². The van der Waals surface area contributed by atoms with E-state index in [9.17, 15) is 9.90 Å². The first-order valence-corrected chi connectivity index (χ1v) is 9.75. The second kappa shape index (κ2) is 7.22. The van der Waals surface area contributed by atoms with Crippen molar-refractivity contribution in [2.45, 2.75) is 66.8 Å². The smallest absolute Gasteiger partial charge is 0.251 e. The minimum absolute atomic E-state index is 0.0169. The Morgan fingerprint density at radius 2 is 1.78 bits per heavy atom. The first-order chi connectivity index (χ1) is 12.8. The topological polar surface area (TPSA) is 77.5 Å². The summed E-state index contributed by atoms with van der Waals surface area (Å²) in [5, 5.41) is 13.2. The molecule has 3 N–H and O–H groups in total. The normalized spacial score (nSPS) is 21.6. The van der Waals surface area contributed by atoms with Crippen molar-refractivity contribution in [3.05, 3.63) is 50.9 Å². The van der Waals surface area contributed by atoms with Crippen molar-refractivity contribution in [3.8, 4) is 5.88 Å². The van der Waals surface area contributed by atoms with Crippen LogP contribution in [-0.4, -0.2) is 27.8 Å². The van der Waals surface area contributed by atoms with Crippen LogP contribution in [0, 0.1) is 6.92 Å². The molecular weight excluding hydrogens is 338 g/mol. The molecule has 0 saturated heterocycles. The van der Waals surface area contributed by atoms with Crippen LogP contribution in [0.5, 0.6) is 5.88 Å². The number of nitrogens with one attached hydrogen (secondary N) is 2. The molecule has 5 heteroatoms. The Balaban J connectivity index is 2.06. The van der Waals surface area contributed by atoms with Crippen LogP contribution in [0.3, 0.4) is 0 Å². The minimum atomic E-state index is -0.0948. The monoisotopic (exact) mass is 367 g/mol. The summed E-state index contributed by atoms with van der Waals surface area (Å²) in [6, 6.07) is -0.0948. The van der Waals surface area contributed by atoms with Gasteiger partial charge in [-0.1, -0.05) is 20.8 Å². The SMILES string of the molecule is CCC1=C(C)C(=O)N/C1=C\C1N=C(c2[nH]c(O)c(CC)c2C)C(C)=C1CC. The van der Waals surface area contributed by atoms with E-state index in [1.807, 2.05) is 20.8 Å². The van der Waals surface area contributed by atoms with E-state index in [2.05, 4.69) is 37.1 Å². The molecule has 144 valence electrons. The molecule has 1 atom stereocenters. The van der Waals surface area contributed by atoms with Gasteiger partial charge in [-0.05, 0) is 68.4 Å². The molecule has 0 fully saturated rings. The fraction of sp³-hybridized carbons (Fsp3) is 0.455. The maximum absolute atomic E-state index is 12.1. The summed E-state index contributed by atoms with van der Waals surface area (Å²) in [5.74, 6) is 0.215. The summed E-state index contributed by atoms with van der Waals surface area (Å²) in [6.07, 6.45) is 4.54. The first-order valence-electron chi connectivity index (χ1n) is 9.75. The molecule has 3 rings (SSSR count). The van der Waals surface area contributed by atoms with Crippen LogP contribution in [-0.2, 0) is 11.2 Å². The molecule has 0 aliphatic carbocycles. The van der Waals surface area contributed by atoms with Crippen molar-refractivity contribution in [2.75, 3.05) is 0 Å². The van der Waals surface area contributed by atoms with E-state index in [0.29, 0.717) is 0 Å². The van der Waals surface area contributed by atoms with Gasteiger partial charge in [-0.15, -0.1) is 0 Å². The molecule has 2 aliphatic rings. The van der Waals surface area contributed by atoms with Crippen LogP contribution in [0.2, 0.25) is 0 Å². The Morgan fingerprint density at radius 3 is 2.33 bits per heavy atom. The quantitative estimate of drug-likeness (QED) is 0.728. The Labute approximate surface area is 161 Å². The average Bonchev–Trinajstić information content (AvgIpc) is 3.20. The summed E-state index contributed by atoms with van der Waals surface area (Å²) in [5.41, 5.74) is 8.94. The zero-order valence-electron chi connectivity index (χ0n) is 17.1. The number of allylic oxidation sites excluding steroid dienone is 2. The van der Waals surface area contributed by atoms with Crippen LogP contribution in [0.4, 0.5) is 0 Å². The first kappa shape index (κ1) is 19.2.